The number of aliphatic hydroxyl groups excluding tert-OH is 1. The van der Waals surface area contributed by atoms with Gasteiger partial charge in [-0.3, -0.25) is 4.79 Å². The fourth-order valence-electron chi connectivity index (χ4n) is 5.01. The summed E-state index contributed by atoms with van der Waals surface area (Å²) in [6.07, 6.45) is 7.38. The predicted octanol–water partition coefficient (Wildman–Crippen LogP) is 3.01. The number of fused-ring (bicyclic) bond motifs is 2. The first-order valence-electron chi connectivity index (χ1n) is 10.6. The van der Waals surface area contributed by atoms with E-state index in [1.807, 2.05) is 0 Å². The first kappa shape index (κ1) is 19.4. The quantitative estimate of drug-likeness (QED) is 0.856. The molecule has 4 rings (SSSR count). The molecule has 0 saturated carbocycles. The number of hydrogen-bond acceptors (Lipinski definition) is 5. The van der Waals surface area contributed by atoms with Crippen LogP contribution in [0, 0.1) is 0 Å². The Morgan fingerprint density at radius 1 is 1.33 bits per heavy atom. The number of piperidine rings is 2. The van der Waals surface area contributed by atoms with Crippen LogP contribution in [0.2, 0.25) is 0 Å². The lowest BCUT2D eigenvalue weighted by molar-refractivity contribution is -0.0959. The van der Waals surface area contributed by atoms with E-state index in [0.29, 0.717) is 6.04 Å². The first-order chi connectivity index (χ1) is 13.2. The van der Waals surface area contributed by atoms with Crippen molar-refractivity contribution in [3.8, 4) is 0 Å². The van der Waals surface area contributed by atoms with Gasteiger partial charge in [0.1, 0.15) is 5.60 Å². The summed E-state index contributed by atoms with van der Waals surface area (Å²) in [6.45, 7) is 6.70. The van der Waals surface area contributed by atoms with Crippen LogP contribution in [-0.4, -0.2) is 66.2 Å². The van der Waals surface area contributed by atoms with Crippen LogP contribution in [-0.2, 0) is 16.8 Å². The van der Waals surface area contributed by atoms with Gasteiger partial charge >= 0.3 is 0 Å². The molecular weight excluding hydrogens is 360 g/mol. The fourth-order valence-corrected chi connectivity index (χ4v) is 6.38. The molecule has 1 aromatic heterocycles. The third-order valence-electron chi connectivity index (χ3n) is 6.62. The van der Waals surface area contributed by atoms with Crippen LogP contribution in [0.3, 0.4) is 0 Å². The van der Waals surface area contributed by atoms with Crippen molar-refractivity contribution >= 4 is 17.2 Å². The van der Waals surface area contributed by atoms with E-state index in [-0.39, 0.29) is 18.1 Å². The van der Waals surface area contributed by atoms with Crippen molar-refractivity contribution < 1.29 is 14.6 Å². The van der Waals surface area contributed by atoms with Gasteiger partial charge in [0.05, 0.1) is 18.1 Å². The summed E-state index contributed by atoms with van der Waals surface area (Å²) in [6, 6.07) is 2.56. The Morgan fingerprint density at radius 3 is 2.89 bits per heavy atom. The van der Waals surface area contributed by atoms with Gasteiger partial charge in [-0.1, -0.05) is 6.92 Å². The summed E-state index contributed by atoms with van der Waals surface area (Å²) in [5, 5.41) is 9.20. The van der Waals surface area contributed by atoms with E-state index < -0.39 is 0 Å². The van der Waals surface area contributed by atoms with E-state index in [1.165, 1.54) is 16.9 Å². The van der Waals surface area contributed by atoms with Crippen molar-refractivity contribution in [1.29, 1.82) is 0 Å². The number of rotatable bonds is 4. The maximum absolute atomic E-state index is 13.3. The average molecular weight is 393 g/mol. The van der Waals surface area contributed by atoms with E-state index >= 15 is 0 Å². The Labute approximate surface area is 166 Å². The van der Waals surface area contributed by atoms with E-state index in [2.05, 4.69) is 22.8 Å². The molecule has 1 atom stereocenters. The molecule has 27 heavy (non-hydrogen) atoms. The van der Waals surface area contributed by atoms with Crippen molar-refractivity contribution in [1.82, 2.24) is 9.80 Å². The van der Waals surface area contributed by atoms with Crippen molar-refractivity contribution in [2.24, 2.45) is 0 Å². The molecule has 1 spiro atoms. The molecule has 0 bridgehead atoms. The lowest BCUT2D eigenvalue weighted by Crippen LogP contribution is -2.46. The monoisotopic (exact) mass is 392 g/mol. The predicted molar refractivity (Wildman–Crippen MR) is 107 cm³/mol. The number of thiophene rings is 1. The maximum atomic E-state index is 13.3. The van der Waals surface area contributed by atoms with Crippen LogP contribution in [0.1, 0.15) is 65.6 Å². The number of carbonyl (C=O) groups is 1. The van der Waals surface area contributed by atoms with Crippen LogP contribution in [0.5, 0.6) is 0 Å². The molecule has 3 aliphatic heterocycles. The Kier molecular flexibility index (Phi) is 5.88. The molecule has 2 saturated heterocycles. The van der Waals surface area contributed by atoms with Crippen molar-refractivity contribution in [2.45, 2.75) is 63.5 Å². The molecule has 5 nitrogen and oxygen atoms in total. The molecule has 1 aromatic rings. The SMILES string of the molecule is CCC1CCCCN1C(=O)c1cc2c(s1)C1(CCN(CCO)CC1)OCC2. The normalized spacial score (nSPS) is 25.6. The first-order valence-corrected chi connectivity index (χ1v) is 11.4. The van der Waals surface area contributed by atoms with Gasteiger partial charge < -0.3 is 19.6 Å². The smallest absolute Gasteiger partial charge is 0.264 e. The van der Waals surface area contributed by atoms with Crippen LogP contribution in [0.25, 0.3) is 0 Å². The second-order valence-corrected chi connectivity index (χ2v) is 9.23. The van der Waals surface area contributed by atoms with E-state index in [0.717, 1.165) is 76.2 Å². The molecule has 0 radical (unpaired) electrons. The highest BCUT2D eigenvalue weighted by Crippen LogP contribution is 2.45. The highest BCUT2D eigenvalue weighted by Gasteiger charge is 2.43. The Hall–Kier alpha value is -0.950. The highest BCUT2D eigenvalue weighted by atomic mass is 32.1. The summed E-state index contributed by atoms with van der Waals surface area (Å²) in [5.41, 5.74) is 1.12. The fraction of sp³-hybridized carbons (Fsp3) is 0.762. The van der Waals surface area contributed by atoms with Gasteiger partial charge in [-0.2, -0.15) is 0 Å². The number of likely N-dealkylation sites (tertiary alicyclic amines) is 2. The Bertz CT molecular complexity index is 666. The van der Waals surface area contributed by atoms with E-state index in [1.54, 1.807) is 11.3 Å². The topological polar surface area (TPSA) is 53.0 Å². The highest BCUT2D eigenvalue weighted by molar-refractivity contribution is 7.14. The third kappa shape index (κ3) is 3.69. The Morgan fingerprint density at radius 2 is 2.15 bits per heavy atom. The largest absolute Gasteiger partial charge is 0.395 e. The standard InChI is InChI=1S/C21H32N2O3S/c1-2-17-5-3-4-9-23(17)20(25)18-15-16-6-14-26-21(19(16)27-18)7-10-22(11-8-21)12-13-24/h15,17,24H,2-14H2,1H3. The average Bonchev–Trinajstić information content (AvgIpc) is 3.15. The minimum absolute atomic E-state index is 0.213. The number of aliphatic hydroxyl groups is 1. The van der Waals surface area contributed by atoms with Gasteiger partial charge in [-0.25, -0.2) is 0 Å². The van der Waals surface area contributed by atoms with Gasteiger partial charge in [0.25, 0.3) is 5.91 Å². The van der Waals surface area contributed by atoms with Crippen LogP contribution < -0.4 is 0 Å². The van der Waals surface area contributed by atoms with E-state index in [9.17, 15) is 9.90 Å². The van der Waals surface area contributed by atoms with Gasteiger partial charge in [-0.15, -0.1) is 11.3 Å². The third-order valence-corrected chi connectivity index (χ3v) is 7.97. The summed E-state index contributed by atoms with van der Waals surface area (Å²) in [7, 11) is 0. The summed E-state index contributed by atoms with van der Waals surface area (Å²) < 4.78 is 6.34. The minimum atomic E-state index is -0.214. The van der Waals surface area contributed by atoms with Crippen LogP contribution in [0.15, 0.2) is 6.07 Å². The molecule has 0 aliphatic carbocycles. The number of carbonyl (C=O) groups excluding carboxylic acids is 1. The number of β-amino-alcohol motifs (C(OH)–C–C–N with tert-alkyl or cyclic N) is 1. The maximum Gasteiger partial charge on any atom is 0.264 e. The molecular formula is C21H32N2O3S. The van der Waals surface area contributed by atoms with E-state index in [4.69, 9.17) is 4.74 Å². The Balaban J connectivity index is 1.55. The van der Waals surface area contributed by atoms with Gasteiger partial charge in [0.2, 0.25) is 0 Å². The summed E-state index contributed by atoms with van der Waals surface area (Å²) in [5.74, 6) is 0.230. The molecule has 1 unspecified atom stereocenters. The van der Waals surface area contributed by atoms with Crippen molar-refractivity contribution in [3.63, 3.8) is 0 Å². The van der Waals surface area contributed by atoms with Crippen molar-refractivity contribution in [2.75, 3.05) is 39.4 Å². The number of hydrogen-bond donors (Lipinski definition) is 1. The molecule has 0 aromatic carbocycles. The second-order valence-electron chi connectivity index (χ2n) is 8.18. The zero-order valence-electron chi connectivity index (χ0n) is 16.4. The number of nitrogens with zero attached hydrogens (tertiary/aromatic N) is 2. The van der Waals surface area contributed by atoms with Crippen molar-refractivity contribution in [3.05, 3.63) is 21.4 Å². The molecule has 1 N–H and O–H groups in total. The second kappa shape index (κ2) is 8.19. The molecule has 2 fully saturated rings. The van der Waals surface area contributed by atoms with Gasteiger partial charge in [0.15, 0.2) is 0 Å². The molecule has 6 heteroatoms. The lowest BCUT2D eigenvalue weighted by atomic mass is 9.85. The zero-order valence-corrected chi connectivity index (χ0v) is 17.2. The molecule has 4 heterocycles. The molecule has 1 amide bonds. The summed E-state index contributed by atoms with van der Waals surface area (Å²) >= 11 is 1.69. The van der Waals surface area contributed by atoms with Gasteiger partial charge in [0, 0.05) is 37.1 Å². The summed E-state index contributed by atoms with van der Waals surface area (Å²) in [4.78, 5) is 19.9. The van der Waals surface area contributed by atoms with Crippen LogP contribution in [0.4, 0.5) is 0 Å². The number of amides is 1. The lowest BCUT2D eigenvalue weighted by Gasteiger charge is -2.43. The minimum Gasteiger partial charge on any atom is -0.395 e. The van der Waals surface area contributed by atoms with Gasteiger partial charge in [-0.05, 0) is 56.6 Å². The molecule has 3 aliphatic rings. The molecule has 150 valence electrons. The van der Waals surface area contributed by atoms with Crippen LogP contribution >= 0.6 is 11.3 Å². The zero-order chi connectivity index (χ0) is 18.9. The number of ether oxygens (including phenoxy) is 1.